The van der Waals surface area contributed by atoms with Gasteiger partial charge in [-0.1, -0.05) is 6.08 Å². The molecular formula is C24H32FN3O3. The second-order valence-corrected chi connectivity index (χ2v) is 8.82. The van der Waals surface area contributed by atoms with Gasteiger partial charge < -0.3 is 19.4 Å². The summed E-state index contributed by atoms with van der Waals surface area (Å²) in [6.45, 7) is 7.98. The molecule has 1 aromatic carbocycles. The molecule has 0 aliphatic carbocycles. The van der Waals surface area contributed by atoms with E-state index in [0.29, 0.717) is 19.2 Å². The monoisotopic (exact) mass is 429 g/mol. The van der Waals surface area contributed by atoms with Crippen molar-refractivity contribution in [3.63, 3.8) is 0 Å². The minimum atomic E-state index is -0.243. The van der Waals surface area contributed by atoms with Crippen LogP contribution in [0, 0.1) is 5.82 Å². The maximum Gasteiger partial charge on any atom is 0.409 e. The van der Waals surface area contributed by atoms with Crippen molar-refractivity contribution in [2.24, 2.45) is 0 Å². The minimum Gasteiger partial charge on any atom is -0.450 e. The minimum absolute atomic E-state index is 0.0407. The normalized spacial score (nSPS) is 21.6. The molecule has 0 unspecified atom stereocenters. The second kappa shape index (κ2) is 8.99. The number of anilines is 1. The second-order valence-electron chi connectivity index (χ2n) is 8.82. The van der Waals surface area contributed by atoms with E-state index in [-0.39, 0.29) is 23.2 Å². The van der Waals surface area contributed by atoms with Crippen molar-refractivity contribution in [2.45, 2.75) is 51.0 Å². The van der Waals surface area contributed by atoms with E-state index in [4.69, 9.17) is 4.74 Å². The van der Waals surface area contributed by atoms with Crippen LogP contribution in [0.1, 0.15) is 45.1 Å². The van der Waals surface area contributed by atoms with Crippen LogP contribution in [0.3, 0.4) is 0 Å². The molecule has 0 aromatic heterocycles. The Bertz CT molecular complexity index is 856. The predicted octanol–water partition coefficient (Wildman–Crippen LogP) is 3.70. The highest BCUT2D eigenvalue weighted by atomic mass is 19.1. The number of hydrogen-bond donors (Lipinski definition) is 0. The third-order valence-electron chi connectivity index (χ3n) is 7.12. The smallest absolute Gasteiger partial charge is 0.409 e. The van der Waals surface area contributed by atoms with Crippen LogP contribution in [0.2, 0.25) is 0 Å². The van der Waals surface area contributed by atoms with Crippen LogP contribution in [-0.2, 0) is 14.9 Å². The van der Waals surface area contributed by atoms with Gasteiger partial charge in [0.1, 0.15) is 5.82 Å². The van der Waals surface area contributed by atoms with Crippen molar-refractivity contribution in [3.05, 3.63) is 41.7 Å². The third kappa shape index (κ3) is 4.20. The summed E-state index contributed by atoms with van der Waals surface area (Å²) in [4.78, 5) is 30.7. The summed E-state index contributed by atoms with van der Waals surface area (Å²) in [6, 6.07) is 5.28. The first-order valence-electron chi connectivity index (χ1n) is 11.4. The van der Waals surface area contributed by atoms with Gasteiger partial charge in [-0.2, -0.15) is 0 Å². The van der Waals surface area contributed by atoms with Crippen molar-refractivity contribution in [1.82, 2.24) is 9.80 Å². The van der Waals surface area contributed by atoms with Crippen molar-refractivity contribution in [3.8, 4) is 0 Å². The third-order valence-corrected chi connectivity index (χ3v) is 7.12. The van der Waals surface area contributed by atoms with E-state index in [1.54, 1.807) is 29.2 Å². The number of nitrogens with zero attached hydrogens (tertiary/aromatic N) is 3. The molecule has 3 aliphatic heterocycles. The van der Waals surface area contributed by atoms with E-state index in [0.717, 1.165) is 63.1 Å². The number of fused-ring (bicyclic) bond motifs is 2. The van der Waals surface area contributed by atoms with Gasteiger partial charge in [0.15, 0.2) is 0 Å². The largest absolute Gasteiger partial charge is 0.450 e. The van der Waals surface area contributed by atoms with Crippen LogP contribution in [-0.4, -0.2) is 67.2 Å². The van der Waals surface area contributed by atoms with Crippen LogP contribution in [0.4, 0.5) is 14.9 Å². The Hall–Kier alpha value is -2.41. The fraction of sp³-hybridized carbons (Fsp3) is 0.583. The van der Waals surface area contributed by atoms with Crippen LogP contribution < -0.4 is 4.90 Å². The van der Waals surface area contributed by atoms with Crippen molar-refractivity contribution < 1.29 is 18.7 Å². The Morgan fingerprint density at radius 1 is 1.19 bits per heavy atom. The zero-order valence-electron chi connectivity index (χ0n) is 18.5. The Morgan fingerprint density at radius 3 is 2.55 bits per heavy atom. The van der Waals surface area contributed by atoms with E-state index < -0.39 is 0 Å². The lowest BCUT2D eigenvalue weighted by atomic mass is 9.74. The fourth-order valence-corrected chi connectivity index (χ4v) is 5.44. The number of allylic oxidation sites excluding steroid dienone is 1. The van der Waals surface area contributed by atoms with Gasteiger partial charge in [-0.25, -0.2) is 9.18 Å². The zero-order valence-corrected chi connectivity index (χ0v) is 18.5. The molecule has 0 N–H and O–H groups in total. The number of amides is 2. The number of rotatable bonds is 3. The molecule has 6 nitrogen and oxygen atoms in total. The van der Waals surface area contributed by atoms with Crippen LogP contribution in [0.25, 0.3) is 0 Å². The van der Waals surface area contributed by atoms with Crippen LogP contribution in [0.5, 0.6) is 0 Å². The van der Waals surface area contributed by atoms with Gasteiger partial charge in [0.2, 0.25) is 0 Å². The molecular weight excluding hydrogens is 397 g/mol. The SMILES string of the molecule is CC=CC(=O)N1CC2(CCN(C3CCN(C(=O)OCC)CC3)CC2)c2cc(F)ccc21. The molecule has 1 spiro atoms. The highest BCUT2D eigenvalue weighted by Crippen LogP contribution is 2.47. The molecule has 3 heterocycles. The first-order valence-corrected chi connectivity index (χ1v) is 11.4. The van der Waals surface area contributed by atoms with E-state index in [2.05, 4.69) is 4.90 Å². The van der Waals surface area contributed by atoms with Crippen molar-refractivity contribution in [2.75, 3.05) is 44.2 Å². The molecule has 0 atom stereocenters. The number of carbonyl (C=O) groups is 2. The lowest BCUT2D eigenvalue weighted by molar-refractivity contribution is -0.114. The number of benzene rings is 1. The van der Waals surface area contributed by atoms with Crippen LogP contribution in [0.15, 0.2) is 30.4 Å². The van der Waals surface area contributed by atoms with E-state index in [1.165, 1.54) is 6.07 Å². The lowest BCUT2D eigenvalue weighted by Crippen LogP contribution is -2.52. The van der Waals surface area contributed by atoms with Gasteiger partial charge in [0.05, 0.1) is 6.61 Å². The number of carbonyl (C=O) groups excluding carboxylic acids is 2. The zero-order chi connectivity index (χ0) is 22.0. The molecule has 3 aliphatic rings. The van der Waals surface area contributed by atoms with Gasteiger partial charge in [0.25, 0.3) is 5.91 Å². The van der Waals surface area contributed by atoms with Gasteiger partial charge in [-0.3, -0.25) is 4.79 Å². The first kappa shape index (κ1) is 21.8. The molecule has 1 aromatic rings. The number of hydrogen-bond acceptors (Lipinski definition) is 4. The average molecular weight is 430 g/mol. The molecule has 0 saturated carbocycles. The Balaban J connectivity index is 1.43. The van der Waals surface area contributed by atoms with Crippen molar-refractivity contribution in [1.29, 1.82) is 0 Å². The molecule has 2 fully saturated rings. The fourth-order valence-electron chi connectivity index (χ4n) is 5.44. The molecule has 0 radical (unpaired) electrons. The summed E-state index contributed by atoms with van der Waals surface area (Å²) in [6.07, 6.45) is 6.82. The van der Waals surface area contributed by atoms with Gasteiger partial charge in [0, 0.05) is 36.8 Å². The summed E-state index contributed by atoms with van der Waals surface area (Å²) in [5.41, 5.74) is 1.64. The topological polar surface area (TPSA) is 53.1 Å². The van der Waals surface area contributed by atoms with E-state index >= 15 is 0 Å². The maximum atomic E-state index is 14.1. The molecule has 7 heteroatoms. The molecule has 168 valence electrons. The highest BCUT2D eigenvalue weighted by molar-refractivity contribution is 6.03. The van der Waals surface area contributed by atoms with Crippen LogP contribution >= 0.6 is 0 Å². The van der Waals surface area contributed by atoms with E-state index in [9.17, 15) is 14.0 Å². The summed E-state index contributed by atoms with van der Waals surface area (Å²) in [5.74, 6) is -0.284. The van der Waals surface area contributed by atoms with Gasteiger partial charge in [-0.05, 0) is 82.5 Å². The lowest BCUT2D eigenvalue weighted by Gasteiger charge is -2.45. The molecule has 0 bridgehead atoms. The summed E-state index contributed by atoms with van der Waals surface area (Å²) >= 11 is 0. The van der Waals surface area contributed by atoms with Gasteiger partial charge >= 0.3 is 6.09 Å². The standard InChI is InChI=1S/C24H32FN3O3/c1-3-5-22(29)28-17-24(20-16-18(25)6-7-21(20)28)10-14-26(15-11-24)19-8-12-27(13-9-19)23(30)31-4-2/h3,5-7,16,19H,4,8-15,17H2,1-2H3. The molecule has 2 saturated heterocycles. The predicted molar refractivity (Wildman–Crippen MR) is 118 cm³/mol. The summed E-state index contributed by atoms with van der Waals surface area (Å²) in [7, 11) is 0. The average Bonchev–Trinajstić information content (AvgIpc) is 3.08. The molecule has 2 amide bonds. The molecule has 4 rings (SSSR count). The van der Waals surface area contributed by atoms with Gasteiger partial charge in [-0.15, -0.1) is 0 Å². The highest BCUT2D eigenvalue weighted by Gasteiger charge is 2.47. The maximum absolute atomic E-state index is 14.1. The Morgan fingerprint density at radius 2 is 1.90 bits per heavy atom. The number of halogens is 1. The summed E-state index contributed by atoms with van der Waals surface area (Å²) in [5, 5.41) is 0. The van der Waals surface area contributed by atoms with E-state index in [1.807, 2.05) is 18.7 Å². The molecule has 31 heavy (non-hydrogen) atoms. The quantitative estimate of drug-likeness (QED) is 0.688. The Labute approximate surface area is 183 Å². The number of ether oxygens (including phenoxy) is 1. The summed E-state index contributed by atoms with van der Waals surface area (Å²) < 4.78 is 19.3. The Kier molecular flexibility index (Phi) is 6.32. The first-order chi connectivity index (χ1) is 15.0. The van der Waals surface area contributed by atoms with Crippen molar-refractivity contribution >= 4 is 17.7 Å². The number of piperidine rings is 2. The number of likely N-dealkylation sites (tertiary alicyclic amines) is 2.